The molecular formula is C13H22N4O2S2. The summed E-state index contributed by atoms with van der Waals surface area (Å²) in [5, 5.41) is 18.1. The van der Waals surface area contributed by atoms with Crippen molar-refractivity contribution < 1.29 is 9.90 Å². The normalized spacial score (nSPS) is 16.0. The highest BCUT2D eigenvalue weighted by atomic mass is 32.2. The topological polar surface area (TPSA) is 71.2 Å². The highest BCUT2D eigenvalue weighted by molar-refractivity contribution is 7.99. The summed E-state index contributed by atoms with van der Waals surface area (Å²) < 4.78 is 2.11. The number of carboxylic acid groups (broad SMARTS) is 1. The molecule has 1 N–H and O–H groups in total. The molecule has 1 heterocycles. The Kier molecular flexibility index (Phi) is 5.80. The van der Waals surface area contributed by atoms with Crippen molar-refractivity contribution in [1.82, 2.24) is 14.8 Å². The molecule has 1 atom stereocenters. The molecule has 6 nitrogen and oxygen atoms in total. The Bertz CT molecular complexity index is 491. The lowest BCUT2D eigenvalue weighted by Gasteiger charge is -2.26. The second-order valence-electron chi connectivity index (χ2n) is 5.31. The molecule has 1 fully saturated rings. The van der Waals surface area contributed by atoms with E-state index in [9.17, 15) is 4.79 Å². The van der Waals surface area contributed by atoms with Crippen LogP contribution in [0, 0.1) is 0 Å². The zero-order valence-electron chi connectivity index (χ0n) is 12.7. The Hall–Kier alpha value is -0.890. The van der Waals surface area contributed by atoms with Crippen LogP contribution >= 0.6 is 23.5 Å². The number of hydrogen-bond donors (Lipinski definition) is 1. The summed E-state index contributed by atoms with van der Waals surface area (Å²) in [5.41, 5.74) is 0. The summed E-state index contributed by atoms with van der Waals surface area (Å²) in [4.78, 5) is 12.9. The third-order valence-electron chi connectivity index (χ3n) is 3.60. The van der Waals surface area contributed by atoms with E-state index in [1.165, 1.54) is 11.8 Å². The molecule has 21 heavy (non-hydrogen) atoms. The van der Waals surface area contributed by atoms with E-state index in [0.29, 0.717) is 12.1 Å². The molecule has 0 radical (unpaired) electrons. The Morgan fingerprint density at radius 3 is 2.81 bits per heavy atom. The van der Waals surface area contributed by atoms with Crippen molar-refractivity contribution in [3.63, 3.8) is 0 Å². The molecule has 0 saturated heterocycles. The van der Waals surface area contributed by atoms with Crippen molar-refractivity contribution in [2.45, 2.75) is 43.4 Å². The number of aromatic nitrogens is 3. The zero-order chi connectivity index (χ0) is 15.4. The van der Waals surface area contributed by atoms with Crippen LogP contribution in [0.25, 0.3) is 0 Å². The molecule has 2 rings (SSSR count). The summed E-state index contributed by atoms with van der Waals surface area (Å²) in [5.74, 6) is 1.17. The van der Waals surface area contributed by atoms with Gasteiger partial charge in [-0.25, -0.2) is 0 Å². The van der Waals surface area contributed by atoms with Crippen LogP contribution in [0.15, 0.2) is 5.16 Å². The molecule has 0 amide bonds. The fourth-order valence-electron chi connectivity index (χ4n) is 2.07. The van der Waals surface area contributed by atoms with Gasteiger partial charge in [0, 0.05) is 19.1 Å². The molecule has 0 aromatic carbocycles. The average molecular weight is 330 g/mol. The molecule has 1 unspecified atom stereocenters. The predicted molar refractivity (Wildman–Crippen MR) is 87.5 cm³/mol. The Morgan fingerprint density at radius 1 is 1.52 bits per heavy atom. The van der Waals surface area contributed by atoms with Crippen LogP contribution < -0.4 is 4.90 Å². The minimum absolute atomic E-state index is 0.0244. The highest BCUT2D eigenvalue weighted by Crippen LogP contribution is 2.41. The maximum absolute atomic E-state index is 10.7. The number of aliphatic carboxylic acids is 1. The average Bonchev–Trinajstić information content (AvgIpc) is 3.21. The molecule has 1 aliphatic carbocycles. The van der Waals surface area contributed by atoms with Gasteiger partial charge < -0.3 is 10.0 Å². The van der Waals surface area contributed by atoms with E-state index in [1.54, 1.807) is 0 Å². The molecule has 118 valence electrons. The van der Waals surface area contributed by atoms with Crippen LogP contribution in [0.5, 0.6) is 0 Å². The van der Waals surface area contributed by atoms with E-state index < -0.39 is 5.97 Å². The lowest BCUT2D eigenvalue weighted by Crippen LogP contribution is -2.31. The standard InChI is InChI=1S/C13H22N4O2S2/c1-9(6-7-20-3)16(2)12-14-15-13(21-8-11(18)19)17(12)10-4-5-10/h9-10H,4-8H2,1-3H3,(H,18,19). The molecule has 1 aromatic rings. The van der Waals surface area contributed by atoms with E-state index in [1.807, 2.05) is 18.8 Å². The largest absolute Gasteiger partial charge is 0.481 e. The molecule has 1 aliphatic rings. The van der Waals surface area contributed by atoms with Gasteiger partial charge in [-0.15, -0.1) is 10.2 Å². The van der Waals surface area contributed by atoms with Crippen LogP contribution in [0.3, 0.4) is 0 Å². The quantitative estimate of drug-likeness (QED) is 0.697. The molecule has 0 bridgehead atoms. The van der Waals surface area contributed by atoms with Gasteiger partial charge in [-0.1, -0.05) is 11.8 Å². The van der Waals surface area contributed by atoms with Crippen molar-refractivity contribution in [3.8, 4) is 0 Å². The van der Waals surface area contributed by atoms with E-state index >= 15 is 0 Å². The summed E-state index contributed by atoms with van der Waals surface area (Å²) >= 11 is 3.09. The summed E-state index contributed by atoms with van der Waals surface area (Å²) in [6, 6.07) is 0.818. The Labute approximate surface area is 133 Å². The van der Waals surface area contributed by atoms with Crippen LogP contribution in [0.2, 0.25) is 0 Å². The lowest BCUT2D eigenvalue weighted by atomic mass is 10.2. The molecule has 8 heteroatoms. The van der Waals surface area contributed by atoms with Crippen LogP contribution in [0.1, 0.15) is 32.2 Å². The van der Waals surface area contributed by atoms with Crippen LogP contribution in [0.4, 0.5) is 5.95 Å². The van der Waals surface area contributed by atoms with Gasteiger partial charge in [0.15, 0.2) is 5.16 Å². The third-order valence-corrected chi connectivity index (χ3v) is 5.17. The van der Waals surface area contributed by atoms with Crippen molar-refractivity contribution in [2.75, 3.05) is 29.7 Å². The van der Waals surface area contributed by atoms with E-state index in [-0.39, 0.29) is 5.75 Å². The number of anilines is 1. The minimum atomic E-state index is -0.825. The fourth-order valence-corrected chi connectivity index (χ4v) is 3.36. The van der Waals surface area contributed by atoms with E-state index in [4.69, 9.17) is 5.11 Å². The smallest absolute Gasteiger partial charge is 0.313 e. The first-order chi connectivity index (χ1) is 10.0. The Balaban J connectivity index is 2.13. The number of carbonyl (C=O) groups is 1. The number of nitrogens with zero attached hydrogens (tertiary/aromatic N) is 4. The highest BCUT2D eigenvalue weighted by Gasteiger charge is 2.31. The van der Waals surface area contributed by atoms with E-state index in [2.05, 4.69) is 32.8 Å². The van der Waals surface area contributed by atoms with Gasteiger partial charge in [-0.2, -0.15) is 11.8 Å². The molecule has 1 saturated carbocycles. The Morgan fingerprint density at radius 2 is 2.24 bits per heavy atom. The number of thioether (sulfide) groups is 2. The number of rotatable bonds is 9. The molecule has 0 spiro atoms. The second kappa shape index (κ2) is 7.40. The first-order valence-electron chi connectivity index (χ1n) is 7.05. The first-order valence-corrected chi connectivity index (χ1v) is 9.43. The predicted octanol–water partition coefficient (Wildman–Crippen LogP) is 2.37. The maximum Gasteiger partial charge on any atom is 0.313 e. The number of hydrogen-bond acceptors (Lipinski definition) is 6. The first kappa shape index (κ1) is 16.5. The van der Waals surface area contributed by atoms with Gasteiger partial charge in [-0.05, 0) is 38.2 Å². The van der Waals surface area contributed by atoms with E-state index in [0.717, 1.165) is 36.1 Å². The van der Waals surface area contributed by atoms with Gasteiger partial charge in [0.25, 0.3) is 0 Å². The van der Waals surface area contributed by atoms with Gasteiger partial charge in [0.05, 0.1) is 5.75 Å². The summed E-state index contributed by atoms with van der Waals surface area (Å²) in [7, 11) is 2.04. The van der Waals surface area contributed by atoms with Gasteiger partial charge in [0.1, 0.15) is 0 Å². The third kappa shape index (κ3) is 4.29. The van der Waals surface area contributed by atoms with Gasteiger partial charge in [-0.3, -0.25) is 9.36 Å². The van der Waals surface area contributed by atoms with Crippen molar-refractivity contribution in [2.24, 2.45) is 0 Å². The summed E-state index contributed by atoms with van der Waals surface area (Å²) in [6.45, 7) is 2.19. The van der Waals surface area contributed by atoms with Gasteiger partial charge in [0.2, 0.25) is 5.95 Å². The maximum atomic E-state index is 10.7. The lowest BCUT2D eigenvalue weighted by molar-refractivity contribution is -0.133. The summed E-state index contributed by atoms with van der Waals surface area (Å²) in [6.07, 6.45) is 5.45. The number of carboxylic acids is 1. The zero-order valence-corrected chi connectivity index (χ0v) is 14.3. The monoisotopic (exact) mass is 330 g/mol. The SMILES string of the molecule is CSCCC(C)N(C)c1nnc(SCC(=O)O)n1C1CC1. The second-order valence-corrected chi connectivity index (χ2v) is 7.24. The fraction of sp³-hybridized carbons (Fsp3) is 0.769. The van der Waals surface area contributed by atoms with Crippen LogP contribution in [-0.4, -0.2) is 56.7 Å². The molecule has 1 aromatic heterocycles. The molecular weight excluding hydrogens is 308 g/mol. The molecule has 0 aliphatic heterocycles. The van der Waals surface area contributed by atoms with Gasteiger partial charge >= 0.3 is 5.97 Å². The van der Waals surface area contributed by atoms with Crippen molar-refractivity contribution >= 4 is 35.4 Å². The van der Waals surface area contributed by atoms with Crippen molar-refractivity contribution in [1.29, 1.82) is 0 Å². The minimum Gasteiger partial charge on any atom is -0.481 e. The van der Waals surface area contributed by atoms with Crippen LogP contribution in [-0.2, 0) is 4.79 Å². The van der Waals surface area contributed by atoms with Crippen molar-refractivity contribution in [3.05, 3.63) is 0 Å².